The molecule has 0 unspecified atom stereocenters. The van der Waals surface area contributed by atoms with Crippen LogP contribution in [0.15, 0.2) is 169 Å². The third kappa shape index (κ3) is 10.0. The number of allylic oxidation sites excluding steroid dienone is 8. The molecule has 3 aliphatic rings. The number of nitrogens with zero attached hydrogens (tertiary/aromatic N) is 3. The van der Waals surface area contributed by atoms with Crippen LogP contribution in [0.25, 0.3) is 21.5 Å². The molecule has 11 heteroatoms. The SMILES string of the molecule is CCCCCCN1/C(=C/C=C2\CC/C(=C\C=C3\N(CCCCS(=O)(=O)O)c4ccc5cc(O)ccc5c4C3(C)C)C2=[N+](c2ccc(Br)cc2)c2ccc(Br)cc2)C(C)(C)c2c1ccc1cc(Br)ccc21. The Morgan fingerprint density at radius 1 is 0.586 bits per heavy atom. The first-order valence-corrected chi connectivity index (χ1v) is 28.5. The Balaban J connectivity index is 1.23. The number of aromatic hydroxyl groups is 1. The fourth-order valence-electron chi connectivity index (χ4n) is 11.1. The van der Waals surface area contributed by atoms with Crippen LogP contribution in [0.3, 0.4) is 0 Å². The van der Waals surface area contributed by atoms with Crippen molar-refractivity contribution >= 4 is 108 Å². The van der Waals surface area contributed by atoms with Crippen LogP contribution < -0.4 is 14.4 Å². The van der Waals surface area contributed by atoms with E-state index in [1.807, 2.05) is 12.1 Å². The largest absolute Gasteiger partial charge is 0.508 e. The third-order valence-electron chi connectivity index (χ3n) is 14.5. The maximum absolute atomic E-state index is 11.8. The van der Waals surface area contributed by atoms with Crippen molar-refractivity contribution in [3.63, 3.8) is 0 Å². The molecule has 6 aromatic rings. The summed E-state index contributed by atoms with van der Waals surface area (Å²) >= 11 is 11.1. The molecule has 362 valence electrons. The van der Waals surface area contributed by atoms with E-state index in [1.165, 1.54) is 63.7 Å². The van der Waals surface area contributed by atoms with Gasteiger partial charge in [-0.05, 0) is 138 Å². The number of hydrogen-bond donors (Lipinski definition) is 2. The normalized spacial score (nSPS) is 18.6. The van der Waals surface area contributed by atoms with Gasteiger partial charge in [0.25, 0.3) is 10.1 Å². The molecule has 0 amide bonds. The third-order valence-corrected chi connectivity index (χ3v) is 16.8. The molecule has 1 fully saturated rings. The zero-order valence-electron chi connectivity index (χ0n) is 40.6. The zero-order chi connectivity index (χ0) is 49.5. The lowest BCUT2D eigenvalue weighted by Gasteiger charge is -2.27. The van der Waals surface area contributed by atoms with Gasteiger partial charge in [0, 0.05) is 95.5 Å². The van der Waals surface area contributed by atoms with Gasteiger partial charge in [-0.25, -0.2) is 0 Å². The first kappa shape index (κ1) is 50.2. The van der Waals surface area contributed by atoms with Crippen LogP contribution in [0, 0.1) is 0 Å². The van der Waals surface area contributed by atoms with Crippen molar-refractivity contribution in [2.75, 3.05) is 28.6 Å². The summed E-state index contributed by atoms with van der Waals surface area (Å²) in [5, 5.41) is 15.0. The molecule has 0 saturated heterocycles. The first-order chi connectivity index (χ1) is 33.5. The molecule has 0 aromatic heterocycles. The summed E-state index contributed by atoms with van der Waals surface area (Å²) in [6, 6.07) is 38.1. The van der Waals surface area contributed by atoms with Gasteiger partial charge in [0.1, 0.15) is 5.75 Å². The second-order valence-electron chi connectivity index (χ2n) is 19.9. The Morgan fingerprint density at radius 2 is 1.06 bits per heavy atom. The molecule has 1 aliphatic carbocycles. The zero-order valence-corrected chi connectivity index (χ0v) is 46.1. The maximum atomic E-state index is 11.8. The molecule has 9 rings (SSSR count). The minimum absolute atomic E-state index is 0.221. The van der Waals surface area contributed by atoms with E-state index in [0.717, 1.165) is 78.5 Å². The van der Waals surface area contributed by atoms with E-state index in [4.69, 9.17) is 0 Å². The lowest BCUT2D eigenvalue weighted by molar-refractivity contribution is 0.476. The van der Waals surface area contributed by atoms with Gasteiger partial charge < -0.3 is 14.9 Å². The van der Waals surface area contributed by atoms with Crippen molar-refractivity contribution in [1.29, 1.82) is 0 Å². The van der Waals surface area contributed by atoms with E-state index < -0.39 is 15.5 Å². The molecule has 2 heterocycles. The van der Waals surface area contributed by atoms with Gasteiger partial charge in [0.2, 0.25) is 17.1 Å². The summed E-state index contributed by atoms with van der Waals surface area (Å²) in [4.78, 5) is 4.92. The number of unbranched alkanes of at least 4 members (excludes halogenated alkanes) is 4. The van der Waals surface area contributed by atoms with E-state index in [-0.39, 0.29) is 16.9 Å². The van der Waals surface area contributed by atoms with Crippen LogP contribution in [0.5, 0.6) is 5.75 Å². The van der Waals surface area contributed by atoms with E-state index in [9.17, 15) is 18.1 Å². The van der Waals surface area contributed by atoms with E-state index >= 15 is 0 Å². The first-order valence-electron chi connectivity index (χ1n) is 24.5. The Kier molecular flexibility index (Phi) is 14.6. The van der Waals surface area contributed by atoms with Gasteiger partial charge in [-0.1, -0.05) is 138 Å². The lowest BCUT2D eigenvalue weighted by atomic mass is 9.81. The van der Waals surface area contributed by atoms with Crippen molar-refractivity contribution < 1.29 is 18.1 Å². The molecule has 0 spiro atoms. The minimum Gasteiger partial charge on any atom is -0.508 e. The molecule has 70 heavy (non-hydrogen) atoms. The Bertz CT molecular complexity index is 3230. The Labute approximate surface area is 439 Å². The topological polar surface area (TPSA) is 84.1 Å². The predicted octanol–water partition coefficient (Wildman–Crippen LogP) is 16.5. The Hall–Kier alpha value is -4.78. The number of benzene rings is 6. The highest BCUT2D eigenvalue weighted by atomic mass is 79.9. The molecule has 0 radical (unpaired) electrons. The van der Waals surface area contributed by atoms with Gasteiger partial charge in [-0.2, -0.15) is 13.0 Å². The van der Waals surface area contributed by atoms with Gasteiger partial charge in [0.15, 0.2) is 0 Å². The molecule has 7 nitrogen and oxygen atoms in total. The van der Waals surface area contributed by atoms with E-state index in [0.29, 0.717) is 19.4 Å². The molecule has 2 aliphatic heterocycles. The number of phenols is 1. The smallest absolute Gasteiger partial charge is 0.264 e. The van der Waals surface area contributed by atoms with Gasteiger partial charge >= 0.3 is 0 Å². The van der Waals surface area contributed by atoms with E-state index in [1.54, 1.807) is 6.07 Å². The lowest BCUT2D eigenvalue weighted by Crippen LogP contribution is -2.27. The van der Waals surface area contributed by atoms with Gasteiger partial charge in [-0.15, -0.1) is 0 Å². The van der Waals surface area contributed by atoms with Gasteiger partial charge in [-0.3, -0.25) is 4.55 Å². The molecule has 0 bridgehead atoms. The molecular formula is C59H61Br3N3O4S+. The highest BCUT2D eigenvalue weighted by Crippen LogP contribution is 2.53. The number of phenolic OH excluding ortho intramolecular Hbond substituents is 1. The highest BCUT2D eigenvalue weighted by Gasteiger charge is 2.43. The van der Waals surface area contributed by atoms with Crippen LogP contribution in [0.4, 0.5) is 22.7 Å². The van der Waals surface area contributed by atoms with Gasteiger partial charge in [0.05, 0.1) is 5.75 Å². The number of anilines is 2. The van der Waals surface area contributed by atoms with Crippen molar-refractivity contribution in [2.24, 2.45) is 0 Å². The molecule has 6 aromatic carbocycles. The van der Waals surface area contributed by atoms with Crippen molar-refractivity contribution in [2.45, 2.75) is 96.8 Å². The summed E-state index contributed by atoms with van der Waals surface area (Å²) in [6.07, 6.45) is 16.7. The van der Waals surface area contributed by atoms with Crippen LogP contribution in [-0.4, -0.2) is 42.6 Å². The minimum atomic E-state index is -4.08. The average molecular weight is 1150 g/mol. The fourth-order valence-corrected chi connectivity index (χ4v) is 12.6. The molecule has 1 saturated carbocycles. The van der Waals surface area contributed by atoms with Crippen LogP contribution in [0.1, 0.15) is 97.1 Å². The number of fused-ring (bicyclic) bond motifs is 6. The number of rotatable bonds is 14. The summed E-state index contributed by atoms with van der Waals surface area (Å²) in [7, 11) is -4.08. The van der Waals surface area contributed by atoms with Crippen molar-refractivity contribution in [1.82, 2.24) is 4.58 Å². The number of halogens is 3. The quantitative estimate of drug-likeness (QED) is 0.0642. The Morgan fingerprint density at radius 3 is 1.56 bits per heavy atom. The summed E-state index contributed by atoms with van der Waals surface area (Å²) < 4.78 is 38.7. The summed E-state index contributed by atoms with van der Waals surface area (Å²) in [5.74, 6) is -0.0599. The summed E-state index contributed by atoms with van der Waals surface area (Å²) in [6.45, 7) is 13.1. The van der Waals surface area contributed by atoms with Crippen LogP contribution >= 0.6 is 47.8 Å². The molecule has 2 N–H and O–H groups in total. The summed E-state index contributed by atoms with van der Waals surface area (Å²) in [5.41, 5.74) is 12.3. The average Bonchev–Trinajstić information content (AvgIpc) is 3.89. The van der Waals surface area contributed by atoms with Crippen molar-refractivity contribution in [3.8, 4) is 5.75 Å². The second-order valence-corrected chi connectivity index (χ2v) is 24.2. The monoisotopic (exact) mass is 1140 g/mol. The van der Waals surface area contributed by atoms with Crippen LogP contribution in [-0.2, 0) is 20.9 Å². The van der Waals surface area contributed by atoms with Crippen LogP contribution in [0.2, 0.25) is 0 Å². The molecular weight excluding hydrogens is 1090 g/mol. The predicted molar refractivity (Wildman–Crippen MR) is 304 cm³/mol. The maximum Gasteiger partial charge on any atom is 0.264 e. The second kappa shape index (κ2) is 20.4. The number of hydrogen-bond acceptors (Lipinski definition) is 5. The standard InChI is InChI=1S/C59H60Br3N3O4S/c1-6-7-8-9-34-63-51-30-14-41-37-45(62)22-28-49(41)55(51)58(2,3)53(63)32-16-39-12-13-40(57(39)65(46-23-18-43(60)19-24-46)47-25-20-44(61)21-26-47)17-33-54-59(4,5)56-50-29-27-48(66)38-42(50)15-31-52(56)64(54)35-10-11-36-70(67,68)69/h14-33,37-38H,6-13,34-36H2,1-5H3,(H-,66,67,68,69)/p+1. The fraction of sp³-hybridized carbons (Fsp3) is 0.305. The van der Waals surface area contributed by atoms with E-state index in [2.05, 4.69) is 212 Å². The molecule has 0 atom stereocenters. The highest BCUT2D eigenvalue weighted by molar-refractivity contribution is 9.11. The van der Waals surface area contributed by atoms with Crippen molar-refractivity contribution in [3.05, 3.63) is 181 Å².